The Morgan fingerprint density at radius 3 is 2.23 bits per heavy atom. The van der Waals surface area contributed by atoms with Crippen LogP contribution in [0.4, 0.5) is 0 Å². The van der Waals surface area contributed by atoms with Crippen molar-refractivity contribution in [3.63, 3.8) is 0 Å². The monoisotopic (exact) mass is 407 g/mol. The topological polar surface area (TPSA) is 55.8 Å². The molecule has 1 heterocycles. The van der Waals surface area contributed by atoms with Gasteiger partial charge in [0, 0.05) is 18.7 Å². The van der Waals surface area contributed by atoms with Crippen molar-refractivity contribution in [1.82, 2.24) is 4.90 Å². The van der Waals surface area contributed by atoms with E-state index in [1.165, 1.54) is 0 Å². The number of esters is 1. The first-order valence-electron chi connectivity index (χ1n) is 10.3. The van der Waals surface area contributed by atoms with E-state index in [-0.39, 0.29) is 11.9 Å². The second-order valence-corrected chi connectivity index (χ2v) is 7.64. The molecule has 30 heavy (non-hydrogen) atoms. The molecular weight excluding hydrogens is 378 g/mol. The molecule has 5 nitrogen and oxygen atoms in total. The number of hydrogen-bond acceptors (Lipinski definition) is 4. The van der Waals surface area contributed by atoms with Crippen LogP contribution >= 0.6 is 0 Å². The smallest absolute Gasteiger partial charge is 0.312 e. The van der Waals surface area contributed by atoms with Crippen LogP contribution in [0.1, 0.15) is 41.3 Å². The molecule has 1 aliphatic heterocycles. The summed E-state index contributed by atoms with van der Waals surface area (Å²) in [5, 5.41) is 0. The molecule has 2 aromatic carbocycles. The number of amides is 1. The zero-order chi connectivity index (χ0) is 21.6. The standard InChI is InChI=1S/C25H29NO4/c1-4-19-6-10-21(11-7-19)23(27)26-16-14-25(15-17-26,24(28)30-5-2)18-20-8-12-22(29-3)13-9-20/h4,6-13H,1,5,14-18H2,2-3H3. The van der Waals surface area contributed by atoms with E-state index in [1.807, 2.05) is 60.4 Å². The molecule has 5 heteroatoms. The van der Waals surface area contributed by atoms with E-state index in [0.717, 1.165) is 16.9 Å². The molecule has 1 fully saturated rings. The van der Waals surface area contributed by atoms with Crippen LogP contribution in [-0.2, 0) is 16.0 Å². The van der Waals surface area contributed by atoms with Crippen LogP contribution < -0.4 is 4.74 Å². The van der Waals surface area contributed by atoms with Gasteiger partial charge in [-0.2, -0.15) is 0 Å². The van der Waals surface area contributed by atoms with E-state index in [1.54, 1.807) is 13.2 Å². The number of carbonyl (C=O) groups is 2. The number of likely N-dealkylation sites (tertiary alicyclic amines) is 1. The third kappa shape index (κ3) is 4.73. The van der Waals surface area contributed by atoms with Crippen LogP contribution in [0.25, 0.3) is 6.08 Å². The summed E-state index contributed by atoms with van der Waals surface area (Å²) in [7, 11) is 1.63. The van der Waals surface area contributed by atoms with Gasteiger partial charge in [0.2, 0.25) is 0 Å². The highest BCUT2D eigenvalue weighted by atomic mass is 16.5. The molecule has 0 spiro atoms. The predicted molar refractivity (Wildman–Crippen MR) is 117 cm³/mol. The van der Waals surface area contributed by atoms with Crippen molar-refractivity contribution in [2.75, 3.05) is 26.8 Å². The minimum atomic E-state index is -0.617. The largest absolute Gasteiger partial charge is 0.497 e. The molecule has 1 aliphatic rings. The lowest BCUT2D eigenvalue weighted by Gasteiger charge is -2.40. The zero-order valence-electron chi connectivity index (χ0n) is 17.7. The molecule has 0 unspecified atom stereocenters. The van der Waals surface area contributed by atoms with Gasteiger partial charge in [0.25, 0.3) is 5.91 Å². The minimum Gasteiger partial charge on any atom is -0.497 e. The number of methoxy groups -OCH3 is 1. The summed E-state index contributed by atoms with van der Waals surface area (Å²) in [6, 6.07) is 15.2. The van der Waals surface area contributed by atoms with Crippen LogP contribution in [0.15, 0.2) is 55.1 Å². The highest BCUT2D eigenvalue weighted by molar-refractivity contribution is 5.94. The van der Waals surface area contributed by atoms with Crippen LogP contribution in [0.3, 0.4) is 0 Å². The molecule has 1 amide bonds. The lowest BCUT2D eigenvalue weighted by atomic mass is 9.73. The Balaban J connectivity index is 1.73. The van der Waals surface area contributed by atoms with Crippen LogP contribution in [0.2, 0.25) is 0 Å². The Morgan fingerprint density at radius 2 is 1.70 bits per heavy atom. The Labute approximate surface area is 178 Å². The highest BCUT2D eigenvalue weighted by Crippen LogP contribution is 2.37. The van der Waals surface area contributed by atoms with E-state index in [2.05, 4.69) is 6.58 Å². The van der Waals surface area contributed by atoms with E-state index in [4.69, 9.17) is 9.47 Å². The number of rotatable bonds is 7. The van der Waals surface area contributed by atoms with Crippen molar-refractivity contribution >= 4 is 18.0 Å². The van der Waals surface area contributed by atoms with Gasteiger partial charge in [-0.15, -0.1) is 0 Å². The van der Waals surface area contributed by atoms with Gasteiger partial charge in [-0.25, -0.2) is 0 Å². The Hall–Kier alpha value is -3.08. The van der Waals surface area contributed by atoms with E-state index >= 15 is 0 Å². The van der Waals surface area contributed by atoms with Crippen molar-refractivity contribution in [1.29, 1.82) is 0 Å². The van der Waals surface area contributed by atoms with Gasteiger partial charge in [0.1, 0.15) is 5.75 Å². The maximum atomic E-state index is 12.9. The summed E-state index contributed by atoms with van der Waals surface area (Å²) in [6.45, 7) is 6.96. The molecule has 0 atom stereocenters. The molecule has 0 saturated carbocycles. The molecule has 3 rings (SSSR count). The molecule has 0 aliphatic carbocycles. The normalized spacial score (nSPS) is 15.3. The highest BCUT2D eigenvalue weighted by Gasteiger charge is 2.43. The van der Waals surface area contributed by atoms with E-state index in [9.17, 15) is 9.59 Å². The second kappa shape index (κ2) is 9.61. The first-order valence-corrected chi connectivity index (χ1v) is 10.3. The summed E-state index contributed by atoms with van der Waals surface area (Å²) in [5.41, 5.74) is 2.07. The van der Waals surface area contributed by atoms with Gasteiger partial charge in [-0.1, -0.05) is 36.9 Å². The van der Waals surface area contributed by atoms with E-state index < -0.39 is 5.41 Å². The molecule has 0 bridgehead atoms. The number of nitrogens with zero attached hydrogens (tertiary/aromatic N) is 1. The lowest BCUT2D eigenvalue weighted by molar-refractivity contribution is -0.158. The maximum Gasteiger partial charge on any atom is 0.312 e. The van der Waals surface area contributed by atoms with Gasteiger partial charge in [0.15, 0.2) is 0 Å². The van der Waals surface area contributed by atoms with Crippen molar-refractivity contribution < 1.29 is 19.1 Å². The fourth-order valence-corrected chi connectivity index (χ4v) is 3.95. The number of hydrogen-bond donors (Lipinski definition) is 0. The Kier molecular flexibility index (Phi) is 6.93. The SMILES string of the molecule is C=Cc1ccc(C(=O)N2CCC(Cc3ccc(OC)cc3)(C(=O)OCC)CC2)cc1. The molecule has 0 aromatic heterocycles. The van der Waals surface area contributed by atoms with Crippen LogP contribution in [-0.4, -0.2) is 43.6 Å². The third-order valence-electron chi connectivity index (χ3n) is 5.81. The quantitative estimate of drug-likeness (QED) is 0.640. The van der Waals surface area contributed by atoms with Gasteiger partial charge in [-0.3, -0.25) is 9.59 Å². The number of benzene rings is 2. The fraction of sp³-hybridized carbons (Fsp3) is 0.360. The second-order valence-electron chi connectivity index (χ2n) is 7.64. The average molecular weight is 408 g/mol. The van der Waals surface area contributed by atoms with Crippen molar-refractivity contribution in [2.24, 2.45) is 5.41 Å². The van der Waals surface area contributed by atoms with Crippen molar-refractivity contribution in [2.45, 2.75) is 26.2 Å². The summed E-state index contributed by atoms with van der Waals surface area (Å²) in [4.78, 5) is 27.6. The number of ether oxygens (including phenoxy) is 2. The van der Waals surface area contributed by atoms with Crippen LogP contribution in [0.5, 0.6) is 5.75 Å². The molecule has 0 N–H and O–H groups in total. The molecule has 0 radical (unpaired) electrons. The zero-order valence-corrected chi connectivity index (χ0v) is 17.7. The van der Waals surface area contributed by atoms with Gasteiger partial charge >= 0.3 is 5.97 Å². The Bertz CT molecular complexity index is 878. The average Bonchev–Trinajstić information content (AvgIpc) is 2.80. The van der Waals surface area contributed by atoms with E-state index in [0.29, 0.717) is 44.5 Å². The van der Waals surface area contributed by atoms with Gasteiger partial charge in [-0.05, 0) is 61.6 Å². The molecule has 1 saturated heterocycles. The maximum absolute atomic E-state index is 12.9. The van der Waals surface area contributed by atoms with Gasteiger partial charge < -0.3 is 14.4 Å². The fourth-order valence-electron chi connectivity index (χ4n) is 3.95. The minimum absolute atomic E-state index is 0.00693. The summed E-state index contributed by atoms with van der Waals surface area (Å²) >= 11 is 0. The first kappa shape index (κ1) is 21.6. The lowest BCUT2D eigenvalue weighted by Crippen LogP contribution is -2.48. The van der Waals surface area contributed by atoms with Crippen molar-refractivity contribution in [3.8, 4) is 5.75 Å². The number of carbonyl (C=O) groups excluding carboxylic acids is 2. The first-order chi connectivity index (χ1) is 14.5. The Morgan fingerprint density at radius 1 is 1.07 bits per heavy atom. The van der Waals surface area contributed by atoms with Crippen molar-refractivity contribution in [3.05, 3.63) is 71.8 Å². The summed E-state index contributed by atoms with van der Waals surface area (Å²) < 4.78 is 10.7. The molecular formula is C25H29NO4. The summed E-state index contributed by atoms with van der Waals surface area (Å²) in [5.74, 6) is 0.600. The summed E-state index contributed by atoms with van der Waals surface area (Å²) in [6.07, 6.45) is 3.50. The molecule has 158 valence electrons. The third-order valence-corrected chi connectivity index (χ3v) is 5.81. The number of piperidine rings is 1. The van der Waals surface area contributed by atoms with Gasteiger partial charge in [0.05, 0.1) is 19.1 Å². The van der Waals surface area contributed by atoms with Crippen LogP contribution in [0, 0.1) is 5.41 Å². The molecule has 2 aromatic rings. The predicted octanol–water partition coefficient (Wildman–Crippen LogP) is 4.37.